The van der Waals surface area contributed by atoms with Crippen molar-refractivity contribution in [2.24, 2.45) is 11.8 Å². The fourth-order valence-corrected chi connectivity index (χ4v) is 3.04. The molecule has 0 spiro atoms. The van der Waals surface area contributed by atoms with Gasteiger partial charge in [0.1, 0.15) is 5.75 Å². The molecule has 1 fully saturated rings. The van der Waals surface area contributed by atoms with E-state index in [2.05, 4.69) is 5.32 Å². The van der Waals surface area contributed by atoms with Gasteiger partial charge in [-0.25, -0.2) is 0 Å². The second-order valence-electron chi connectivity index (χ2n) is 6.29. The summed E-state index contributed by atoms with van der Waals surface area (Å²) in [6.07, 6.45) is 4.97. The number of rotatable bonds is 6. The van der Waals surface area contributed by atoms with E-state index in [1.807, 2.05) is 32.0 Å². The Morgan fingerprint density at radius 3 is 2.67 bits per heavy atom. The molecular formula is C17H28N2O2. The molecule has 1 aliphatic rings. The Balaban J connectivity index is 1.96. The van der Waals surface area contributed by atoms with E-state index in [4.69, 9.17) is 10.5 Å². The van der Waals surface area contributed by atoms with Crippen LogP contribution >= 0.6 is 0 Å². The first-order chi connectivity index (χ1) is 10.1. The van der Waals surface area contributed by atoms with Crippen molar-refractivity contribution < 1.29 is 9.84 Å². The van der Waals surface area contributed by atoms with Crippen molar-refractivity contribution in [2.75, 3.05) is 24.2 Å². The summed E-state index contributed by atoms with van der Waals surface area (Å²) in [6.45, 7) is 5.19. The lowest BCUT2D eigenvalue weighted by Gasteiger charge is -2.30. The van der Waals surface area contributed by atoms with Crippen LogP contribution in [-0.4, -0.2) is 24.4 Å². The highest BCUT2D eigenvalue weighted by atomic mass is 16.5. The molecule has 1 aromatic rings. The van der Waals surface area contributed by atoms with Gasteiger partial charge < -0.3 is 20.9 Å². The van der Waals surface area contributed by atoms with E-state index in [-0.39, 0.29) is 6.10 Å². The van der Waals surface area contributed by atoms with Gasteiger partial charge in [-0.3, -0.25) is 0 Å². The Kier molecular flexibility index (Phi) is 5.74. The molecule has 2 unspecified atom stereocenters. The van der Waals surface area contributed by atoms with Gasteiger partial charge in [0.25, 0.3) is 0 Å². The summed E-state index contributed by atoms with van der Waals surface area (Å²) in [5.74, 6) is 1.72. The molecule has 0 radical (unpaired) electrons. The number of nitrogens with one attached hydrogen (secondary N) is 1. The number of hydrogen-bond donors (Lipinski definition) is 3. The van der Waals surface area contributed by atoms with Crippen LogP contribution in [0.5, 0.6) is 5.75 Å². The molecule has 1 aliphatic carbocycles. The molecule has 4 N–H and O–H groups in total. The van der Waals surface area contributed by atoms with Crippen LogP contribution in [0, 0.1) is 11.8 Å². The number of hydrogen-bond acceptors (Lipinski definition) is 4. The van der Waals surface area contributed by atoms with Gasteiger partial charge in [-0.1, -0.05) is 12.8 Å². The Morgan fingerprint density at radius 1 is 1.29 bits per heavy atom. The third-order valence-electron chi connectivity index (χ3n) is 4.25. The van der Waals surface area contributed by atoms with Crippen LogP contribution in [0.15, 0.2) is 18.2 Å². The highest BCUT2D eigenvalue weighted by Crippen LogP contribution is 2.31. The number of aliphatic hydroxyl groups excluding tert-OH is 1. The maximum absolute atomic E-state index is 9.47. The van der Waals surface area contributed by atoms with E-state index in [1.165, 1.54) is 19.3 Å². The second kappa shape index (κ2) is 7.55. The Labute approximate surface area is 127 Å². The van der Waals surface area contributed by atoms with Crippen LogP contribution < -0.4 is 15.8 Å². The summed E-state index contributed by atoms with van der Waals surface area (Å²) in [6, 6.07) is 5.83. The van der Waals surface area contributed by atoms with Crippen molar-refractivity contribution in [2.45, 2.75) is 45.6 Å². The van der Waals surface area contributed by atoms with Gasteiger partial charge in [0.15, 0.2) is 0 Å². The predicted octanol–water partition coefficient (Wildman–Crippen LogP) is 3.27. The third-order valence-corrected chi connectivity index (χ3v) is 4.25. The molecule has 0 bridgehead atoms. The molecule has 1 aromatic carbocycles. The van der Waals surface area contributed by atoms with E-state index in [0.717, 1.165) is 24.4 Å². The molecule has 4 heteroatoms. The van der Waals surface area contributed by atoms with Crippen molar-refractivity contribution in [3.63, 3.8) is 0 Å². The first-order valence-electron chi connectivity index (χ1n) is 8.01. The predicted molar refractivity (Wildman–Crippen MR) is 87.6 cm³/mol. The molecule has 0 heterocycles. The number of benzene rings is 1. The van der Waals surface area contributed by atoms with Crippen molar-refractivity contribution >= 4 is 11.4 Å². The first kappa shape index (κ1) is 16.0. The van der Waals surface area contributed by atoms with E-state index < -0.39 is 0 Å². The quantitative estimate of drug-likeness (QED) is 0.704. The average molecular weight is 292 g/mol. The minimum atomic E-state index is 0.111. The van der Waals surface area contributed by atoms with Crippen molar-refractivity contribution in [1.29, 1.82) is 0 Å². The van der Waals surface area contributed by atoms with Gasteiger partial charge in [-0.15, -0.1) is 0 Å². The number of anilines is 2. The zero-order valence-corrected chi connectivity index (χ0v) is 13.1. The number of nitrogen functional groups attached to an aromatic ring is 1. The van der Waals surface area contributed by atoms with Crippen LogP contribution in [-0.2, 0) is 0 Å². The van der Waals surface area contributed by atoms with Gasteiger partial charge in [0.2, 0.25) is 0 Å². The maximum Gasteiger partial charge on any atom is 0.144 e. The smallest absolute Gasteiger partial charge is 0.144 e. The van der Waals surface area contributed by atoms with Gasteiger partial charge in [0.05, 0.1) is 11.8 Å². The van der Waals surface area contributed by atoms with Gasteiger partial charge in [0, 0.05) is 24.9 Å². The topological polar surface area (TPSA) is 67.5 Å². The zero-order chi connectivity index (χ0) is 15.2. The highest BCUT2D eigenvalue weighted by Gasteiger charge is 2.24. The van der Waals surface area contributed by atoms with Crippen molar-refractivity contribution in [3.05, 3.63) is 18.2 Å². The first-order valence-corrected chi connectivity index (χ1v) is 8.01. The summed E-state index contributed by atoms with van der Waals surface area (Å²) >= 11 is 0. The summed E-state index contributed by atoms with van der Waals surface area (Å²) < 4.78 is 5.71. The van der Waals surface area contributed by atoms with E-state index in [0.29, 0.717) is 24.1 Å². The molecule has 0 aliphatic heterocycles. The summed E-state index contributed by atoms with van der Waals surface area (Å²) in [7, 11) is 0. The SMILES string of the molecule is CC(C)Oc1cc(NCC2CCCCC2CO)ccc1N. The lowest BCUT2D eigenvalue weighted by Crippen LogP contribution is -2.28. The summed E-state index contributed by atoms with van der Waals surface area (Å²) in [5.41, 5.74) is 7.63. The van der Waals surface area contributed by atoms with E-state index in [9.17, 15) is 5.11 Å². The Hall–Kier alpha value is -1.42. The van der Waals surface area contributed by atoms with Gasteiger partial charge in [-0.2, -0.15) is 0 Å². The number of ether oxygens (including phenoxy) is 1. The van der Waals surface area contributed by atoms with Crippen LogP contribution in [0.25, 0.3) is 0 Å². The van der Waals surface area contributed by atoms with E-state index in [1.54, 1.807) is 0 Å². The van der Waals surface area contributed by atoms with Gasteiger partial charge in [-0.05, 0) is 50.7 Å². The fraction of sp³-hybridized carbons (Fsp3) is 0.647. The lowest BCUT2D eigenvalue weighted by atomic mass is 9.79. The average Bonchev–Trinajstić information content (AvgIpc) is 2.48. The minimum Gasteiger partial charge on any atom is -0.489 e. The molecule has 0 aromatic heterocycles. The fourth-order valence-electron chi connectivity index (χ4n) is 3.04. The van der Waals surface area contributed by atoms with Crippen LogP contribution in [0.1, 0.15) is 39.5 Å². The normalized spacial score (nSPS) is 22.3. The molecule has 21 heavy (non-hydrogen) atoms. The van der Waals surface area contributed by atoms with Gasteiger partial charge >= 0.3 is 0 Å². The Morgan fingerprint density at radius 2 is 2.00 bits per heavy atom. The van der Waals surface area contributed by atoms with Crippen LogP contribution in [0.4, 0.5) is 11.4 Å². The highest BCUT2D eigenvalue weighted by molar-refractivity contribution is 5.61. The third kappa shape index (κ3) is 4.53. The lowest BCUT2D eigenvalue weighted by molar-refractivity contribution is 0.141. The van der Waals surface area contributed by atoms with Crippen molar-refractivity contribution in [1.82, 2.24) is 0 Å². The summed E-state index contributed by atoms with van der Waals surface area (Å²) in [5, 5.41) is 12.9. The molecule has 1 saturated carbocycles. The van der Waals surface area contributed by atoms with Crippen molar-refractivity contribution in [3.8, 4) is 5.75 Å². The largest absolute Gasteiger partial charge is 0.489 e. The van der Waals surface area contributed by atoms with Crippen LogP contribution in [0.3, 0.4) is 0 Å². The number of nitrogens with two attached hydrogens (primary N) is 1. The minimum absolute atomic E-state index is 0.111. The second-order valence-corrected chi connectivity index (χ2v) is 6.29. The molecular weight excluding hydrogens is 264 g/mol. The number of aliphatic hydroxyl groups is 1. The van der Waals surface area contributed by atoms with Crippen LogP contribution in [0.2, 0.25) is 0 Å². The molecule has 0 saturated heterocycles. The molecule has 2 atom stereocenters. The monoisotopic (exact) mass is 292 g/mol. The molecule has 0 amide bonds. The Bertz CT molecular complexity index is 448. The summed E-state index contributed by atoms with van der Waals surface area (Å²) in [4.78, 5) is 0. The standard InChI is InChI=1S/C17H28N2O2/c1-12(2)21-17-9-15(7-8-16(17)18)19-10-13-5-3-4-6-14(13)11-20/h7-9,12-14,19-20H,3-6,10-11,18H2,1-2H3. The maximum atomic E-state index is 9.47. The van der Waals surface area contributed by atoms with E-state index >= 15 is 0 Å². The molecule has 4 nitrogen and oxygen atoms in total. The molecule has 118 valence electrons. The molecule has 2 rings (SSSR count). The zero-order valence-electron chi connectivity index (χ0n) is 13.1.